The lowest BCUT2D eigenvalue weighted by Gasteiger charge is -2.40. The second-order valence-electron chi connectivity index (χ2n) is 6.43. The maximum atomic E-state index is 13.1. The predicted octanol–water partition coefficient (Wildman–Crippen LogP) is 0.849. The number of aryl methyl sites for hydroxylation is 1. The first-order valence-electron chi connectivity index (χ1n) is 8.68. The summed E-state index contributed by atoms with van der Waals surface area (Å²) >= 11 is 0. The van der Waals surface area contributed by atoms with Crippen LogP contribution in [0.4, 0.5) is 0 Å². The van der Waals surface area contributed by atoms with Crippen molar-refractivity contribution in [1.29, 1.82) is 0 Å². The quantitative estimate of drug-likeness (QED) is 0.738. The zero-order valence-electron chi connectivity index (χ0n) is 15.2. The average Bonchev–Trinajstić information content (AvgIpc) is 3.05. The Balaban J connectivity index is 1.85. The van der Waals surface area contributed by atoms with Crippen molar-refractivity contribution in [2.45, 2.75) is 19.0 Å². The van der Waals surface area contributed by atoms with Gasteiger partial charge in [-0.25, -0.2) is 0 Å². The third kappa shape index (κ3) is 3.94. The third-order valence-corrected chi connectivity index (χ3v) is 4.71. The Morgan fingerprint density at radius 3 is 2.62 bits per heavy atom. The molecule has 0 radical (unpaired) electrons. The van der Waals surface area contributed by atoms with Gasteiger partial charge in [-0.2, -0.15) is 5.10 Å². The Morgan fingerprint density at radius 2 is 1.96 bits per heavy atom. The molecule has 2 heterocycles. The normalized spacial score (nSPS) is 17.8. The van der Waals surface area contributed by atoms with Crippen molar-refractivity contribution in [1.82, 2.24) is 19.6 Å². The van der Waals surface area contributed by atoms with E-state index < -0.39 is 6.04 Å². The first-order valence-corrected chi connectivity index (χ1v) is 8.68. The van der Waals surface area contributed by atoms with Gasteiger partial charge in [-0.05, 0) is 11.6 Å². The van der Waals surface area contributed by atoms with Crippen LogP contribution in [0.2, 0.25) is 0 Å². The second kappa shape index (κ2) is 8.14. The Bertz CT molecular complexity index is 759. The summed E-state index contributed by atoms with van der Waals surface area (Å²) in [6.45, 7) is 1.30. The number of rotatable bonds is 7. The van der Waals surface area contributed by atoms with E-state index in [0.717, 1.165) is 11.3 Å². The minimum atomic E-state index is -0.523. The standard InChI is InChI=1S/C19H24N4O3/c1-21-16(8-9-20-21)13-23-17(12-15-6-4-3-5-7-15)19(25)22(10-11-26-2)14-18(23)24/h3-9,17H,10-14H2,1-2H3/t17-/m1/s1. The van der Waals surface area contributed by atoms with Gasteiger partial charge in [-0.15, -0.1) is 0 Å². The van der Waals surface area contributed by atoms with E-state index in [1.807, 2.05) is 43.4 Å². The van der Waals surface area contributed by atoms with Crippen molar-refractivity contribution in [3.05, 3.63) is 53.9 Å². The summed E-state index contributed by atoms with van der Waals surface area (Å²) in [7, 11) is 3.43. The third-order valence-electron chi connectivity index (χ3n) is 4.71. The fraction of sp³-hybridized carbons (Fsp3) is 0.421. The molecule has 0 aliphatic carbocycles. The summed E-state index contributed by atoms with van der Waals surface area (Å²) in [5, 5.41) is 4.16. The molecule has 0 saturated carbocycles. The Morgan fingerprint density at radius 1 is 1.19 bits per heavy atom. The Labute approximate surface area is 153 Å². The van der Waals surface area contributed by atoms with E-state index >= 15 is 0 Å². The molecule has 1 atom stereocenters. The number of methoxy groups -OCH3 is 1. The van der Waals surface area contributed by atoms with Crippen LogP contribution >= 0.6 is 0 Å². The van der Waals surface area contributed by atoms with Crippen molar-refractivity contribution < 1.29 is 14.3 Å². The lowest BCUT2D eigenvalue weighted by Crippen LogP contribution is -2.60. The van der Waals surface area contributed by atoms with Gasteiger partial charge >= 0.3 is 0 Å². The number of ether oxygens (including phenoxy) is 1. The minimum absolute atomic E-state index is 0.0346. The highest BCUT2D eigenvalue weighted by molar-refractivity contribution is 5.95. The van der Waals surface area contributed by atoms with Gasteiger partial charge in [0.1, 0.15) is 6.04 Å². The predicted molar refractivity (Wildman–Crippen MR) is 96.1 cm³/mol. The maximum absolute atomic E-state index is 13.1. The van der Waals surface area contributed by atoms with Crippen LogP contribution in [0.3, 0.4) is 0 Å². The summed E-state index contributed by atoms with van der Waals surface area (Å²) in [5.74, 6) is -0.0875. The summed E-state index contributed by atoms with van der Waals surface area (Å²) in [5.41, 5.74) is 1.93. The van der Waals surface area contributed by atoms with Crippen LogP contribution in [0.25, 0.3) is 0 Å². The van der Waals surface area contributed by atoms with Crippen LogP contribution < -0.4 is 0 Å². The molecular formula is C19H24N4O3. The van der Waals surface area contributed by atoms with Crippen LogP contribution in [0, 0.1) is 0 Å². The Kier molecular flexibility index (Phi) is 5.68. The molecule has 2 aromatic rings. The van der Waals surface area contributed by atoms with Gasteiger partial charge < -0.3 is 14.5 Å². The molecule has 7 heteroatoms. The smallest absolute Gasteiger partial charge is 0.246 e. The SMILES string of the molecule is COCCN1CC(=O)N(Cc2ccnn2C)[C@H](Cc2ccccc2)C1=O. The molecule has 0 spiro atoms. The summed E-state index contributed by atoms with van der Waals surface area (Å²) in [6.07, 6.45) is 2.19. The monoisotopic (exact) mass is 356 g/mol. The number of carbonyl (C=O) groups excluding carboxylic acids is 2. The lowest BCUT2D eigenvalue weighted by molar-refractivity contribution is -0.157. The van der Waals surface area contributed by atoms with E-state index in [1.54, 1.807) is 27.8 Å². The maximum Gasteiger partial charge on any atom is 0.246 e. The zero-order valence-corrected chi connectivity index (χ0v) is 15.2. The molecular weight excluding hydrogens is 332 g/mol. The number of piperazine rings is 1. The summed E-state index contributed by atoms with van der Waals surface area (Å²) in [4.78, 5) is 29.1. The molecule has 1 aromatic carbocycles. The van der Waals surface area contributed by atoms with E-state index in [2.05, 4.69) is 5.10 Å². The summed E-state index contributed by atoms with van der Waals surface area (Å²) in [6, 6.07) is 11.1. The number of amides is 2. The van der Waals surface area contributed by atoms with E-state index in [0.29, 0.717) is 26.1 Å². The molecule has 0 bridgehead atoms. The highest BCUT2D eigenvalue weighted by Gasteiger charge is 2.39. The van der Waals surface area contributed by atoms with Crippen LogP contribution in [0.1, 0.15) is 11.3 Å². The zero-order chi connectivity index (χ0) is 18.5. The molecule has 1 aromatic heterocycles. The van der Waals surface area contributed by atoms with Gasteiger partial charge in [-0.3, -0.25) is 14.3 Å². The number of benzene rings is 1. The molecule has 0 unspecified atom stereocenters. The molecule has 138 valence electrons. The van der Waals surface area contributed by atoms with Crippen LogP contribution in [-0.2, 0) is 34.3 Å². The second-order valence-corrected chi connectivity index (χ2v) is 6.43. The van der Waals surface area contributed by atoms with Gasteiger partial charge in [0.25, 0.3) is 0 Å². The molecule has 7 nitrogen and oxygen atoms in total. The summed E-state index contributed by atoms with van der Waals surface area (Å²) < 4.78 is 6.81. The van der Waals surface area contributed by atoms with E-state index in [1.165, 1.54) is 0 Å². The van der Waals surface area contributed by atoms with Crippen LogP contribution in [-0.4, -0.2) is 64.2 Å². The molecule has 1 aliphatic heterocycles. The fourth-order valence-electron chi connectivity index (χ4n) is 3.20. The lowest BCUT2D eigenvalue weighted by atomic mass is 10.0. The Hall–Kier alpha value is -2.67. The van der Waals surface area contributed by atoms with Crippen LogP contribution in [0.5, 0.6) is 0 Å². The van der Waals surface area contributed by atoms with Gasteiger partial charge in [-0.1, -0.05) is 30.3 Å². The van der Waals surface area contributed by atoms with Crippen molar-refractivity contribution in [2.75, 3.05) is 26.8 Å². The van der Waals surface area contributed by atoms with Crippen molar-refractivity contribution in [3.8, 4) is 0 Å². The first-order chi connectivity index (χ1) is 12.6. The highest BCUT2D eigenvalue weighted by atomic mass is 16.5. The largest absolute Gasteiger partial charge is 0.383 e. The van der Waals surface area contributed by atoms with Gasteiger partial charge in [0, 0.05) is 33.3 Å². The van der Waals surface area contributed by atoms with Gasteiger partial charge in [0.05, 0.1) is 25.4 Å². The van der Waals surface area contributed by atoms with Crippen molar-refractivity contribution >= 4 is 11.8 Å². The average molecular weight is 356 g/mol. The highest BCUT2D eigenvalue weighted by Crippen LogP contribution is 2.20. The van der Waals surface area contributed by atoms with E-state index in [4.69, 9.17) is 4.74 Å². The molecule has 3 rings (SSSR count). The number of carbonyl (C=O) groups is 2. The number of hydrogen-bond donors (Lipinski definition) is 0. The molecule has 1 fully saturated rings. The first kappa shape index (κ1) is 18.1. The van der Waals surface area contributed by atoms with Gasteiger partial charge in [0.2, 0.25) is 11.8 Å². The minimum Gasteiger partial charge on any atom is -0.383 e. The number of hydrogen-bond acceptors (Lipinski definition) is 4. The van der Waals surface area contributed by atoms with E-state index in [9.17, 15) is 9.59 Å². The molecule has 0 N–H and O–H groups in total. The topological polar surface area (TPSA) is 67.7 Å². The van der Waals surface area contributed by atoms with Crippen molar-refractivity contribution in [3.63, 3.8) is 0 Å². The van der Waals surface area contributed by atoms with Crippen LogP contribution in [0.15, 0.2) is 42.6 Å². The molecule has 1 saturated heterocycles. The fourth-order valence-corrected chi connectivity index (χ4v) is 3.20. The molecule has 26 heavy (non-hydrogen) atoms. The molecule has 1 aliphatic rings. The van der Waals surface area contributed by atoms with E-state index in [-0.39, 0.29) is 18.4 Å². The number of nitrogens with zero attached hydrogens (tertiary/aromatic N) is 4. The number of aromatic nitrogens is 2. The molecule has 2 amide bonds. The van der Waals surface area contributed by atoms with Gasteiger partial charge in [0.15, 0.2) is 0 Å². The van der Waals surface area contributed by atoms with Crippen molar-refractivity contribution in [2.24, 2.45) is 7.05 Å².